The highest BCUT2D eigenvalue weighted by Gasteiger charge is 2.43. The van der Waals surface area contributed by atoms with E-state index in [1.807, 2.05) is 30.3 Å². The average Bonchev–Trinajstić information content (AvgIpc) is 2.90. The van der Waals surface area contributed by atoms with E-state index >= 15 is 0 Å². The maximum absolute atomic E-state index is 11.8. The van der Waals surface area contributed by atoms with E-state index in [4.69, 9.17) is 9.47 Å². The van der Waals surface area contributed by atoms with Crippen LogP contribution in [-0.2, 0) is 25.7 Å². The number of hydrogen-bond acceptors (Lipinski definition) is 4. The monoisotopic (exact) mass is 312 g/mol. The Morgan fingerprint density at radius 2 is 2.09 bits per heavy atom. The highest BCUT2D eigenvalue weighted by atomic mass is 16.6. The summed E-state index contributed by atoms with van der Waals surface area (Å²) in [7, 11) is 0. The number of ether oxygens (including phenoxy) is 2. The number of carbonyl (C=O) groups excluding carboxylic acids is 2. The Morgan fingerprint density at radius 3 is 2.91 bits per heavy atom. The summed E-state index contributed by atoms with van der Waals surface area (Å²) < 4.78 is 10.7. The molecule has 4 nitrogen and oxygen atoms in total. The van der Waals surface area contributed by atoms with Crippen LogP contribution in [0.2, 0.25) is 0 Å². The van der Waals surface area contributed by atoms with E-state index < -0.39 is 5.60 Å². The second-order valence-corrected chi connectivity index (χ2v) is 5.99. The number of hydrogen-bond donors (Lipinski definition) is 0. The van der Waals surface area contributed by atoms with Gasteiger partial charge >= 0.3 is 11.9 Å². The van der Waals surface area contributed by atoms with Crippen LogP contribution in [0, 0.1) is 0 Å². The predicted octanol–water partition coefficient (Wildman–Crippen LogP) is 3.47. The molecule has 0 aromatic heterocycles. The van der Waals surface area contributed by atoms with Crippen LogP contribution < -0.4 is 0 Å². The Morgan fingerprint density at radius 1 is 1.26 bits per heavy atom. The van der Waals surface area contributed by atoms with Gasteiger partial charge in [0.15, 0.2) is 0 Å². The fraction of sp³-hybridized carbons (Fsp3) is 0.368. The first kappa shape index (κ1) is 15.5. The van der Waals surface area contributed by atoms with E-state index in [2.05, 4.69) is 0 Å². The molecule has 0 saturated heterocycles. The van der Waals surface area contributed by atoms with E-state index in [9.17, 15) is 9.59 Å². The van der Waals surface area contributed by atoms with Crippen LogP contribution in [0.25, 0.3) is 0 Å². The maximum Gasteiger partial charge on any atom is 0.331 e. The van der Waals surface area contributed by atoms with E-state index in [1.165, 1.54) is 6.08 Å². The smallest absolute Gasteiger partial charge is 0.331 e. The molecule has 2 aliphatic rings. The van der Waals surface area contributed by atoms with Gasteiger partial charge in [0.05, 0.1) is 0 Å². The zero-order valence-corrected chi connectivity index (χ0v) is 13.0. The van der Waals surface area contributed by atoms with Crippen LogP contribution in [-0.4, -0.2) is 17.5 Å². The molecule has 0 spiro atoms. The molecule has 4 heteroatoms. The van der Waals surface area contributed by atoms with Crippen molar-refractivity contribution in [3.05, 3.63) is 59.7 Å². The van der Waals surface area contributed by atoms with Gasteiger partial charge in [-0.15, -0.1) is 0 Å². The largest absolute Gasteiger partial charge is 0.458 e. The van der Waals surface area contributed by atoms with Gasteiger partial charge in [-0.2, -0.15) is 0 Å². The molecule has 1 aromatic rings. The highest BCUT2D eigenvalue weighted by molar-refractivity contribution is 5.87. The normalized spacial score (nSPS) is 23.3. The van der Waals surface area contributed by atoms with Crippen LogP contribution in [0.15, 0.2) is 54.1 Å². The molecule has 0 N–H and O–H groups in total. The summed E-state index contributed by atoms with van der Waals surface area (Å²) in [5, 5.41) is 0. The van der Waals surface area contributed by atoms with Crippen molar-refractivity contribution in [2.75, 3.05) is 0 Å². The van der Waals surface area contributed by atoms with Gasteiger partial charge in [0.2, 0.25) is 0 Å². The van der Waals surface area contributed by atoms with Gasteiger partial charge in [-0.1, -0.05) is 36.4 Å². The zero-order chi connectivity index (χ0) is 16.1. The minimum Gasteiger partial charge on any atom is -0.458 e. The van der Waals surface area contributed by atoms with Crippen molar-refractivity contribution < 1.29 is 19.1 Å². The number of esters is 2. The molecular weight excluding hydrogens is 292 g/mol. The van der Waals surface area contributed by atoms with Gasteiger partial charge in [0.1, 0.15) is 12.2 Å². The topological polar surface area (TPSA) is 52.6 Å². The maximum atomic E-state index is 11.8. The van der Waals surface area contributed by atoms with Gasteiger partial charge in [0.25, 0.3) is 0 Å². The molecule has 120 valence electrons. The zero-order valence-electron chi connectivity index (χ0n) is 13.0. The minimum absolute atomic E-state index is 0.259. The molecule has 1 aliphatic carbocycles. The summed E-state index contributed by atoms with van der Waals surface area (Å²) in [4.78, 5) is 23.3. The van der Waals surface area contributed by atoms with Crippen LogP contribution >= 0.6 is 0 Å². The third-order valence-electron chi connectivity index (χ3n) is 4.38. The third kappa shape index (κ3) is 3.70. The molecule has 0 bridgehead atoms. The average molecular weight is 312 g/mol. The summed E-state index contributed by atoms with van der Waals surface area (Å²) in [6.45, 7) is 0.259. The lowest BCUT2D eigenvalue weighted by molar-refractivity contribution is -0.147. The predicted molar refractivity (Wildman–Crippen MR) is 85.4 cm³/mol. The fourth-order valence-corrected chi connectivity index (χ4v) is 3.20. The van der Waals surface area contributed by atoms with Crippen molar-refractivity contribution in [2.45, 2.75) is 44.3 Å². The first-order valence-electron chi connectivity index (χ1n) is 7.99. The Balaban J connectivity index is 1.53. The van der Waals surface area contributed by atoms with Gasteiger partial charge in [-0.25, -0.2) is 9.59 Å². The van der Waals surface area contributed by atoms with Crippen molar-refractivity contribution in [2.24, 2.45) is 0 Å². The third-order valence-corrected chi connectivity index (χ3v) is 4.38. The SMILES string of the molecule is O=C1C=C2CCCC[C@@]2(C/C=C/C(=O)OCc2ccccc2)O1. The van der Waals surface area contributed by atoms with Crippen molar-refractivity contribution in [1.29, 1.82) is 0 Å². The van der Waals surface area contributed by atoms with E-state index in [0.29, 0.717) is 6.42 Å². The van der Waals surface area contributed by atoms with Crippen LogP contribution in [0.1, 0.15) is 37.7 Å². The van der Waals surface area contributed by atoms with Crippen LogP contribution in [0.3, 0.4) is 0 Å². The second kappa shape index (κ2) is 6.82. The molecule has 0 radical (unpaired) electrons. The second-order valence-electron chi connectivity index (χ2n) is 5.99. The van der Waals surface area contributed by atoms with Gasteiger partial charge in [-0.05, 0) is 36.8 Å². The fourth-order valence-electron chi connectivity index (χ4n) is 3.20. The molecule has 0 unspecified atom stereocenters. The first-order valence-corrected chi connectivity index (χ1v) is 7.99. The summed E-state index contributed by atoms with van der Waals surface area (Å²) in [5.41, 5.74) is 1.50. The molecule has 3 rings (SSSR count). The number of fused-ring (bicyclic) bond motifs is 1. The number of rotatable bonds is 5. The molecule has 1 heterocycles. The lowest BCUT2D eigenvalue weighted by Crippen LogP contribution is -2.34. The Bertz CT molecular complexity index is 645. The lowest BCUT2D eigenvalue weighted by atomic mass is 9.79. The molecule has 1 atom stereocenters. The Hall–Kier alpha value is -2.36. The lowest BCUT2D eigenvalue weighted by Gasteiger charge is -2.33. The van der Waals surface area contributed by atoms with Gasteiger partial charge in [0, 0.05) is 18.6 Å². The van der Waals surface area contributed by atoms with Gasteiger partial charge in [-0.3, -0.25) is 0 Å². The molecule has 0 amide bonds. The van der Waals surface area contributed by atoms with Crippen LogP contribution in [0.5, 0.6) is 0 Å². The quantitative estimate of drug-likeness (QED) is 0.617. The summed E-state index contributed by atoms with van der Waals surface area (Å²) in [5.74, 6) is -0.641. The van der Waals surface area contributed by atoms with Gasteiger partial charge < -0.3 is 9.47 Å². The first-order chi connectivity index (χ1) is 11.2. The Labute approximate surface area is 135 Å². The minimum atomic E-state index is -0.522. The summed E-state index contributed by atoms with van der Waals surface area (Å²) in [6, 6.07) is 9.55. The summed E-state index contributed by atoms with van der Waals surface area (Å²) >= 11 is 0. The molecule has 1 fully saturated rings. The Kier molecular flexibility index (Phi) is 4.60. The van der Waals surface area contributed by atoms with Crippen molar-refractivity contribution in [3.8, 4) is 0 Å². The van der Waals surface area contributed by atoms with E-state index in [1.54, 1.807) is 12.2 Å². The van der Waals surface area contributed by atoms with Crippen molar-refractivity contribution >= 4 is 11.9 Å². The standard InChI is InChI=1S/C19H20O4/c20-17(22-14-15-7-2-1-3-8-15)10-6-12-19-11-5-4-9-16(19)13-18(21)23-19/h1-3,6-8,10,13H,4-5,9,11-12,14H2/b10-6+/t19-/m0/s1. The van der Waals surface area contributed by atoms with Crippen molar-refractivity contribution in [1.82, 2.24) is 0 Å². The molecule has 1 aromatic carbocycles. The van der Waals surface area contributed by atoms with Crippen molar-refractivity contribution in [3.63, 3.8) is 0 Å². The van der Waals surface area contributed by atoms with E-state index in [0.717, 1.165) is 36.8 Å². The van der Waals surface area contributed by atoms with Crippen LogP contribution in [0.4, 0.5) is 0 Å². The van der Waals surface area contributed by atoms with E-state index in [-0.39, 0.29) is 18.5 Å². The number of benzene rings is 1. The molecule has 1 saturated carbocycles. The molecular formula is C19H20O4. The summed E-state index contributed by atoms with van der Waals surface area (Å²) in [6.07, 6.45) is 9.18. The molecule has 23 heavy (non-hydrogen) atoms. The number of carbonyl (C=O) groups is 2. The molecule has 1 aliphatic heterocycles. The highest BCUT2D eigenvalue weighted by Crippen LogP contribution is 2.42.